The van der Waals surface area contributed by atoms with Gasteiger partial charge in [0.1, 0.15) is 5.75 Å². The average Bonchev–Trinajstić information content (AvgIpc) is 2.85. The molecule has 8 heteroatoms. The van der Waals surface area contributed by atoms with Crippen LogP contribution < -0.4 is 19.8 Å². The van der Waals surface area contributed by atoms with E-state index >= 15 is 0 Å². The number of fused-ring (bicyclic) bond motifs is 1. The van der Waals surface area contributed by atoms with Crippen molar-refractivity contribution in [3.05, 3.63) is 63.5 Å². The molecule has 7 nitrogen and oxygen atoms in total. The number of ether oxygens (including phenoxy) is 3. The highest BCUT2D eigenvalue weighted by atomic mass is 32.2. The molecular weight excluding hydrogens is 442 g/mol. The van der Waals surface area contributed by atoms with Gasteiger partial charge in [-0.1, -0.05) is 12.1 Å². The molecule has 174 valence electrons. The van der Waals surface area contributed by atoms with E-state index in [1.165, 1.54) is 14.2 Å². The predicted molar refractivity (Wildman–Crippen MR) is 129 cm³/mol. The third-order valence-electron chi connectivity index (χ3n) is 6.08. The van der Waals surface area contributed by atoms with E-state index in [0.717, 1.165) is 28.2 Å². The first kappa shape index (κ1) is 23.0. The van der Waals surface area contributed by atoms with Crippen LogP contribution in [0.25, 0.3) is 11.0 Å². The lowest BCUT2D eigenvalue weighted by Crippen LogP contribution is -2.42. The number of amides is 1. The Morgan fingerprint density at radius 1 is 1.09 bits per heavy atom. The smallest absolute Gasteiger partial charge is 0.340 e. The van der Waals surface area contributed by atoms with Crippen molar-refractivity contribution >= 4 is 28.6 Å². The van der Waals surface area contributed by atoms with E-state index < -0.39 is 5.63 Å². The molecule has 2 aromatic carbocycles. The van der Waals surface area contributed by atoms with Crippen molar-refractivity contribution in [2.45, 2.75) is 19.4 Å². The molecule has 1 saturated heterocycles. The lowest BCUT2D eigenvalue weighted by Gasteiger charge is -2.36. The number of nitrogens with zero attached hydrogens (tertiary/aromatic N) is 1. The van der Waals surface area contributed by atoms with Gasteiger partial charge >= 0.3 is 5.63 Å². The molecule has 1 amide bonds. The van der Waals surface area contributed by atoms with Gasteiger partial charge in [-0.2, -0.15) is 11.8 Å². The zero-order valence-corrected chi connectivity index (χ0v) is 20.0. The monoisotopic (exact) mass is 469 g/mol. The second-order valence-corrected chi connectivity index (χ2v) is 8.95. The van der Waals surface area contributed by atoms with Crippen molar-refractivity contribution in [1.29, 1.82) is 0 Å². The summed E-state index contributed by atoms with van der Waals surface area (Å²) < 4.78 is 21.6. The largest absolute Gasteiger partial charge is 0.497 e. The third-order valence-corrected chi connectivity index (χ3v) is 7.10. The van der Waals surface area contributed by atoms with Crippen molar-refractivity contribution in [3.63, 3.8) is 0 Å². The highest BCUT2D eigenvalue weighted by molar-refractivity contribution is 7.99. The van der Waals surface area contributed by atoms with Crippen LogP contribution in [-0.4, -0.2) is 50.2 Å². The fourth-order valence-corrected chi connectivity index (χ4v) is 5.32. The molecule has 0 bridgehead atoms. The summed E-state index contributed by atoms with van der Waals surface area (Å²) in [6.07, 6.45) is -0.0181. The molecule has 0 saturated carbocycles. The number of aryl methyl sites for hydroxylation is 1. The van der Waals surface area contributed by atoms with Crippen molar-refractivity contribution in [2.24, 2.45) is 0 Å². The number of benzene rings is 2. The highest BCUT2D eigenvalue weighted by Crippen LogP contribution is 2.37. The number of carbonyl (C=O) groups excluding carboxylic acids is 1. The molecule has 0 radical (unpaired) electrons. The average molecular weight is 470 g/mol. The van der Waals surface area contributed by atoms with Gasteiger partial charge in [0.05, 0.1) is 39.4 Å². The number of rotatable bonds is 6. The van der Waals surface area contributed by atoms with Gasteiger partial charge in [0.25, 0.3) is 0 Å². The lowest BCUT2D eigenvalue weighted by atomic mass is 10.0. The maximum absolute atomic E-state index is 13.4. The number of thioether (sulfide) groups is 1. The van der Waals surface area contributed by atoms with Gasteiger partial charge in [-0.3, -0.25) is 4.79 Å². The van der Waals surface area contributed by atoms with Gasteiger partial charge in [-0.05, 0) is 42.3 Å². The van der Waals surface area contributed by atoms with Crippen LogP contribution >= 0.6 is 11.8 Å². The molecule has 0 spiro atoms. The Morgan fingerprint density at radius 3 is 2.52 bits per heavy atom. The van der Waals surface area contributed by atoms with Crippen LogP contribution in [0, 0.1) is 6.92 Å². The summed E-state index contributed by atoms with van der Waals surface area (Å²) in [5.41, 5.74) is 1.91. The fourth-order valence-electron chi connectivity index (χ4n) is 4.23. The van der Waals surface area contributed by atoms with Gasteiger partial charge in [0.15, 0.2) is 11.3 Å². The zero-order valence-electron chi connectivity index (χ0n) is 19.2. The van der Waals surface area contributed by atoms with Crippen LogP contribution in [0.15, 0.2) is 45.6 Å². The SMILES string of the molecule is COc1ccc([C@@H]2CSCCN2C(=O)Cc2c(C)c3ccc(OC)c(OC)c3oc2=O)cc1. The summed E-state index contributed by atoms with van der Waals surface area (Å²) in [6, 6.07) is 11.3. The Hall–Kier alpha value is -3.13. The maximum Gasteiger partial charge on any atom is 0.340 e. The van der Waals surface area contributed by atoms with E-state index in [-0.39, 0.29) is 18.4 Å². The molecule has 1 atom stereocenters. The normalized spacial score (nSPS) is 16.0. The molecule has 3 aromatic rings. The number of carbonyl (C=O) groups is 1. The molecule has 1 fully saturated rings. The van der Waals surface area contributed by atoms with E-state index in [1.54, 1.807) is 13.2 Å². The minimum absolute atomic E-state index is 0.0181. The lowest BCUT2D eigenvalue weighted by molar-refractivity contribution is -0.132. The van der Waals surface area contributed by atoms with Crippen molar-refractivity contribution in [3.8, 4) is 17.2 Å². The van der Waals surface area contributed by atoms with E-state index in [0.29, 0.717) is 34.8 Å². The first-order valence-corrected chi connectivity index (χ1v) is 11.8. The molecule has 1 aliphatic rings. The van der Waals surface area contributed by atoms with E-state index in [9.17, 15) is 9.59 Å². The minimum atomic E-state index is -0.535. The van der Waals surface area contributed by atoms with E-state index in [2.05, 4.69) is 0 Å². The summed E-state index contributed by atoms with van der Waals surface area (Å²) in [6.45, 7) is 2.46. The Kier molecular flexibility index (Phi) is 6.83. The fraction of sp³-hybridized carbons (Fsp3) is 0.360. The maximum atomic E-state index is 13.4. The summed E-state index contributed by atoms with van der Waals surface area (Å²) in [4.78, 5) is 28.2. The van der Waals surface area contributed by atoms with E-state index in [4.69, 9.17) is 18.6 Å². The number of hydrogen-bond donors (Lipinski definition) is 0. The van der Waals surface area contributed by atoms with Crippen LogP contribution in [0.2, 0.25) is 0 Å². The van der Waals surface area contributed by atoms with Crippen molar-refractivity contribution in [2.75, 3.05) is 39.4 Å². The molecule has 0 aliphatic carbocycles. The van der Waals surface area contributed by atoms with Crippen LogP contribution in [0.4, 0.5) is 0 Å². The van der Waals surface area contributed by atoms with Gasteiger partial charge in [-0.25, -0.2) is 4.79 Å². The first-order chi connectivity index (χ1) is 16.0. The van der Waals surface area contributed by atoms with Gasteiger partial charge in [0.2, 0.25) is 11.7 Å². The predicted octanol–water partition coefficient (Wildman–Crippen LogP) is 3.99. The molecule has 0 N–H and O–H groups in total. The zero-order chi connectivity index (χ0) is 23.5. The third kappa shape index (κ3) is 4.39. The molecule has 33 heavy (non-hydrogen) atoms. The highest BCUT2D eigenvalue weighted by Gasteiger charge is 2.30. The molecule has 0 unspecified atom stereocenters. The molecule has 4 rings (SSSR count). The van der Waals surface area contributed by atoms with Crippen molar-refractivity contribution in [1.82, 2.24) is 4.90 Å². The number of hydrogen-bond acceptors (Lipinski definition) is 7. The van der Waals surface area contributed by atoms with Crippen molar-refractivity contribution < 1.29 is 23.4 Å². The van der Waals surface area contributed by atoms with Crippen LogP contribution in [0.3, 0.4) is 0 Å². The summed E-state index contributed by atoms with van der Waals surface area (Å²) in [7, 11) is 4.65. The van der Waals surface area contributed by atoms with Gasteiger partial charge in [0, 0.05) is 23.4 Å². The van der Waals surface area contributed by atoms with Gasteiger partial charge < -0.3 is 23.5 Å². The molecule has 2 heterocycles. The standard InChI is InChI=1S/C25H27NO6S/c1-15-18-9-10-21(30-3)24(31-4)23(18)32-25(28)19(15)13-22(27)26-11-12-33-14-20(26)16-5-7-17(29-2)8-6-16/h5-10,20H,11-14H2,1-4H3/t20-/m0/s1. The summed E-state index contributed by atoms with van der Waals surface area (Å²) in [5, 5.41) is 0.718. The van der Waals surface area contributed by atoms with E-state index in [1.807, 2.05) is 53.9 Å². The van der Waals surface area contributed by atoms with Crippen LogP contribution in [-0.2, 0) is 11.2 Å². The second kappa shape index (κ2) is 9.79. The molecule has 1 aliphatic heterocycles. The quantitative estimate of drug-likeness (QED) is 0.505. The first-order valence-electron chi connectivity index (χ1n) is 10.7. The Labute approximate surface area is 196 Å². The Morgan fingerprint density at radius 2 is 1.85 bits per heavy atom. The topological polar surface area (TPSA) is 78.2 Å². The Bertz CT molecular complexity index is 1220. The molecular formula is C25H27NO6S. The molecule has 1 aromatic heterocycles. The second-order valence-electron chi connectivity index (χ2n) is 7.80. The van der Waals surface area contributed by atoms with Crippen LogP contribution in [0.1, 0.15) is 22.7 Å². The van der Waals surface area contributed by atoms with Gasteiger partial charge in [-0.15, -0.1) is 0 Å². The Balaban J connectivity index is 1.66. The van der Waals surface area contributed by atoms with Crippen LogP contribution in [0.5, 0.6) is 17.2 Å². The number of methoxy groups -OCH3 is 3. The minimum Gasteiger partial charge on any atom is -0.497 e. The summed E-state index contributed by atoms with van der Waals surface area (Å²) >= 11 is 1.82. The summed E-state index contributed by atoms with van der Waals surface area (Å²) in [5.74, 6) is 3.19.